The van der Waals surface area contributed by atoms with Gasteiger partial charge < -0.3 is 14.4 Å². The predicted octanol–water partition coefficient (Wildman–Crippen LogP) is 3.01. The molecule has 0 N–H and O–H groups in total. The Labute approximate surface area is 165 Å². The van der Waals surface area contributed by atoms with E-state index in [1.165, 1.54) is 0 Å². The Bertz CT molecular complexity index is 959. The van der Waals surface area contributed by atoms with Gasteiger partial charge in [0.05, 0.1) is 11.1 Å². The largest absolute Gasteiger partial charge is 0.338 e. The molecule has 0 radical (unpaired) electrons. The second kappa shape index (κ2) is 8.10. The van der Waals surface area contributed by atoms with Gasteiger partial charge >= 0.3 is 0 Å². The lowest BCUT2D eigenvalue weighted by Crippen LogP contribution is -2.40. The van der Waals surface area contributed by atoms with Gasteiger partial charge in [0.15, 0.2) is 0 Å². The fourth-order valence-corrected chi connectivity index (χ4v) is 4.00. The molecular weight excluding hydrogens is 350 g/mol. The minimum atomic E-state index is 0.0923. The quantitative estimate of drug-likeness (QED) is 0.686. The number of hydrogen-bond acceptors (Lipinski definition) is 4. The number of amides is 1. The zero-order valence-electron chi connectivity index (χ0n) is 16.6. The molecule has 6 heteroatoms. The van der Waals surface area contributed by atoms with Crippen molar-refractivity contribution < 1.29 is 4.79 Å². The molecule has 1 aromatic carbocycles. The minimum Gasteiger partial charge on any atom is -0.338 e. The third-order valence-electron chi connectivity index (χ3n) is 5.49. The smallest absolute Gasteiger partial charge is 0.254 e. The molecule has 0 spiro atoms. The van der Waals surface area contributed by atoms with Gasteiger partial charge in [-0.05, 0) is 39.1 Å². The van der Waals surface area contributed by atoms with E-state index in [-0.39, 0.29) is 11.8 Å². The lowest BCUT2D eigenvalue weighted by atomic mass is 9.96. The van der Waals surface area contributed by atoms with Crippen molar-refractivity contribution in [2.45, 2.75) is 25.3 Å². The molecule has 1 unspecified atom stereocenters. The Morgan fingerprint density at radius 3 is 2.89 bits per heavy atom. The van der Waals surface area contributed by atoms with Crippen molar-refractivity contribution in [1.82, 2.24) is 24.3 Å². The van der Waals surface area contributed by atoms with Gasteiger partial charge in [0.2, 0.25) is 0 Å². The van der Waals surface area contributed by atoms with Gasteiger partial charge in [-0.3, -0.25) is 9.78 Å². The second-order valence-electron chi connectivity index (χ2n) is 7.75. The van der Waals surface area contributed by atoms with Crippen LogP contribution in [-0.2, 0) is 6.54 Å². The van der Waals surface area contributed by atoms with Gasteiger partial charge in [-0.15, -0.1) is 0 Å². The number of likely N-dealkylation sites (tertiary alicyclic amines) is 1. The number of benzene rings is 1. The van der Waals surface area contributed by atoms with Crippen LogP contribution in [0.5, 0.6) is 0 Å². The van der Waals surface area contributed by atoms with Crippen molar-refractivity contribution in [2.75, 3.05) is 33.7 Å². The normalized spacial score (nSPS) is 17.4. The average molecular weight is 377 g/mol. The first-order valence-electron chi connectivity index (χ1n) is 9.92. The number of aromatic nitrogens is 3. The summed E-state index contributed by atoms with van der Waals surface area (Å²) in [7, 11) is 4.16. The lowest BCUT2D eigenvalue weighted by Gasteiger charge is -2.33. The summed E-state index contributed by atoms with van der Waals surface area (Å²) in [5.41, 5.74) is 1.60. The number of carbonyl (C=O) groups excluding carboxylic acids is 1. The van der Waals surface area contributed by atoms with Gasteiger partial charge in [0, 0.05) is 56.1 Å². The molecule has 146 valence electrons. The zero-order valence-corrected chi connectivity index (χ0v) is 16.6. The van der Waals surface area contributed by atoms with Gasteiger partial charge in [-0.1, -0.05) is 18.2 Å². The molecule has 0 bridgehead atoms. The molecule has 2 aromatic heterocycles. The van der Waals surface area contributed by atoms with E-state index >= 15 is 0 Å². The van der Waals surface area contributed by atoms with Gasteiger partial charge in [-0.2, -0.15) is 0 Å². The summed E-state index contributed by atoms with van der Waals surface area (Å²) in [5.74, 6) is 1.47. The molecule has 1 aliphatic rings. The molecule has 4 rings (SSSR count). The molecule has 1 saturated heterocycles. The van der Waals surface area contributed by atoms with Crippen LogP contribution in [-0.4, -0.2) is 64.0 Å². The maximum absolute atomic E-state index is 13.3. The Morgan fingerprint density at radius 1 is 1.18 bits per heavy atom. The first kappa shape index (κ1) is 18.6. The third-order valence-corrected chi connectivity index (χ3v) is 5.49. The van der Waals surface area contributed by atoms with Crippen molar-refractivity contribution in [1.29, 1.82) is 0 Å². The summed E-state index contributed by atoms with van der Waals surface area (Å²) in [6.45, 7) is 3.41. The molecule has 1 fully saturated rings. The topological polar surface area (TPSA) is 54.3 Å². The number of carbonyl (C=O) groups is 1. The van der Waals surface area contributed by atoms with E-state index in [9.17, 15) is 4.79 Å². The average Bonchev–Trinajstić information content (AvgIpc) is 3.20. The van der Waals surface area contributed by atoms with Crippen LogP contribution in [0.25, 0.3) is 10.9 Å². The number of piperidine rings is 1. The summed E-state index contributed by atoms with van der Waals surface area (Å²) in [6, 6.07) is 9.68. The van der Waals surface area contributed by atoms with Crippen LogP contribution >= 0.6 is 0 Å². The van der Waals surface area contributed by atoms with Crippen molar-refractivity contribution >= 4 is 16.8 Å². The van der Waals surface area contributed by atoms with E-state index in [2.05, 4.69) is 39.7 Å². The van der Waals surface area contributed by atoms with E-state index in [0.29, 0.717) is 6.54 Å². The van der Waals surface area contributed by atoms with Gasteiger partial charge in [0.1, 0.15) is 5.82 Å². The molecular formula is C22H27N5O. The van der Waals surface area contributed by atoms with E-state index in [4.69, 9.17) is 0 Å². The Morgan fingerprint density at radius 2 is 2.04 bits per heavy atom. The van der Waals surface area contributed by atoms with Crippen LogP contribution in [0.3, 0.4) is 0 Å². The van der Waals surface area contributed by atoms with Crippen LogP contribution in [0.2, 0.25) is 0 Å². The fraction of sp³-hybridized carbons (Fsp3) is 0.409. The Balaban J connectivity index is 1.54. The minimum absolute atomic E-state index is 0.0923. The monoisotopic (exact) mass is 377 g/mol. The van der Waals surface area contributed by atoms with Crippen LogP contribution in [0.4, 0.5) is 0 Å². The van der Waals surface area contributed by atoms with E-state index in [1.54, 1.807) is 6.20 Å². The SMILES string of the molecule is CN(C)CCn1ccnc1C1CCCN(C(=O)c2ccnc3ccccc23)C1. The summed E-state index contributed by atoms with van der Waals surface area (Å²) in [4.78, 5) is 26.5. The van der Waals surface area contributed by atoms with Crippen LogP contribution in [0, 0.1) is 0 Å². The van der Waals surface area contributed by atoms with Crippen molar-refractivity contribution in [3.05, 3.63) is 60.3 Å². The first-order valence-corrected chi connectivity index (χ1v) is 9.92. The zero-order chi connectivity index (χ0) is 19.5. The maximum atomic E-state index is 13.3. The highest BCUT2D eigenvalue weighted by molar-refractivity contribution is 6.06. The number of pyridine rings is 1. The number of hydrogen-bond donors (Lipinski definition) is 0. The summed E-state index contributed by atoms with van der Waals surface area (Å²) in [6.07, 6.45) is 7.73. The van der Waals surface area contributed by atoms with Gasteiger partial charge in [0.25, 0.3) is 5.91 Å². The van der Waals surface area contributed by atoms with E-state index < -0.39 is 0 Å². The molecule has 1 amide bonds. The summed E-state index contributed by atoms with van der Waals surface area (Å²) in [5, 5.41) is 0.921. The number of nitrogens with zero attached hydrogens (tertiary/aromatic N) is 5. The fourth-order valence-electron chi connectivity index (χ4n) is 4.00. The predicted molar refractivity (Wildman–Crippen MR) is 110 cm³/mol. The highest BCUT2D eigenvalue weighted by Gasteiger charge is 2.28. The molecule has 1 aliphatic heterocycles. The molecule has 28 heavy (non-hydrogen) atoms. The molecule has 6 nitrogen and oxygen atoms in total. The van der Waals surface area contributed by atoms with Crippen LogP contribution in [0.15, 0.2) is 48.9 Å². The molecule has 3 aromatic rings. The maximum Gasteiger partial charge on any atom is 0.254 e. The number of fused-ring (bicyclic) bond motifs is 1. The number of imidazole rings is 1. The molecule has 0 aliphatic carbocycles. The highest BCUT2D eigenvalue weighted by atomic mass is 16.2. The molecule has 1 atom stereocenters. The lowest BCUT2D eigenvalue weighted by molar-refractivity contribution is 0.0705. The summed E-state index contributed by atoms with van der Waals surface area (Å²) < 4.78 is 2.24. The number of likely N-dealkylation sites (N-methyl/N-ethyl adjacent to an activating group) is 1. The Hall–Kier alpha value is -2.73. The van der Waals surface area contributed by atoms with Crippen molar-refractivity contribution in [3.8, 4) is 0 Å². The number of rotatable bonds is 5. The number of para-hydroxylation sites is 1. The second-order valence-corrected chi connectivity index (χ2v) is 7.75. The van der Waals surface area contributed by atoms with Crippen molar-refractivity contribution in [2.24, 2.45) is 0 Å². The van der Waals surface area contributed by atoms with Crippen LogP contribution in [0.1, 0.15) is 34.9 Å². The Kier molecular flexibility index (Phi) is 5.39. The van der Waals surface area contributed by atoms with Crippen molar-refractivity contribution in [3.63, 3.8) is 0 Å². The summed E-state index contributed by atoms with van der Waals surface area (Å²) >= 11 is 0. The molecule has 0 saturated carbocycles. The standard InChI is InChI=1S/C22H27N5O/c1-25(2)14-15-26-13-11-24-21(26)17-6-5-12-27(16-17)22(28)19-9-10-23-20-8-4-3-7-18(19)20/h3-4,7-11,13,17H,5-6,12,14-16H2,1-2H3. The van der Waals surface area contributed by atoms with E-state index in [0.717, 1.165) is 54.8 Å². The third kappa shape index (κ3) is 3.78. The highest BCUT2D eigenvalue weighted by Crippen LogP contribution is 2.28. The van der Waals surface area contributed by atoms with Gasteiger partial charge in [-0.25, -0.2) is 4.98 Å². The van der Waals surface area contributed by atoms with E-state index in [1.807, 2.05) is 41.4 Å². The van der Waals surface area contributed by atoms with Crippen LogP contribution < -0.4 is 0 Å². The first-order chi connectivity index (χ1) is 13.6. The molecule has 3 heterocycles.